The van der Waals surface area contributed by atoms with Crippen LogP contribution in [0.1, 0.15) is 72.6 Å². The van der Waals surface area contributed by atoms with Crippen LogP contribution in [0, 0.1) is 34.5 Å². The first-order chi connectivity index (χ1) is 13.3. The van der Waals surface area contributed by atoms with Gasteiger partial charge in [0.1, 0.15) is 6.61 Å². The zero-order chi connectivity index (χ0) is 20.7. The molecule has 7 atom stereocenters. The summed E-state index contributed by atoms with van der Waals surface area (Å²) in [6, 6.07) is 0. The summed E-state index contributed by atoms with van der Waals surface area (Å²) in [7, 11) is 1.80. The van der Waals surface area contributed by atoms with Crippen molar-refractivity contribution in [2.24, 2.45) is 34.5 Å². The number of methoxy groups -OCH3 is 1. The van der Waals surface area contributed by atoms with Crippen molar-refractivity contribution in [1.29, 1.82) is 0 Å². The lowest BCUT2D eigenvalue weighted by Crippen LogP contribution is -2.57. The fourth-order valence-electron chi connectivity index (χ4n) is 7.52. The molecule has 4 heteroatoms. The monoisotopic (exact) mass is 390 g/mol. The van der Waals surface area contributed by atoms with Crippen LogP contribution in [0.25, 0.3) is 0 Å². The normalized spacial score (nSPS) is 44.4. The Morgan fingerprint density at radius 2 is 1.93 bits per heavy atom. The molecule has 0 bridgehead atoms. The molecule has 0 heterocycles. The Balaban J connectivity index is 0.00000109. The van der Waals surface area contributed by atoms with Gasteiger partial charge in [0.2, 0.25) is 0 Å². The molecule has 0 aromatic rings. The molecule has 0 saturated heterocycles. The van der Waals surface area contributed by atoms with Gasteiger partial charge in [0.25, 0.3) is 0 Å². The summed E-state index contributed by atoms with van der Waals surface area (Å²) < 4.78 is 6.05. The Morgan fingerprint density at radius 1 is 1.21 bits per heavy atom. The number of hydrogen-bond donors (Lipinski definition) is 1. The number of aliphatic hydroxyl groups excluding tert-OH is 1. The molecule has 7 unspecified atom stereocenters. The second kappa shape index (κ2) is 8.02. The van der Waals surface area contributed by atoms with E-state index in [0.29, 0.717) is 24.2 Å². The molecule has 4 aliphatic carbocycles. The van der Waals surface area contributed by atoms with Gasteiger partial charge in [-0.3, -0.25) is 9.59 Å². The lowest BCUT2D eigenvalue weighted by atomic mass is 9.46. The van der Waals surface area contributed by atoms with Gasteiger partial charge in [-0.15, -0.1) is 0 Å². The number of allylic oxidation sites excluding steroid dienone is 1. The predicted octanol–water partition coefficient (Wildman–Crippen LogP) is 4.35. The van der Waals surface area contributed by atoms with Crippen LogP contribution < -0.4 is 0 Å². The third-order valence-corrected chi connectivity index (χ3v) is 8.72. The maximum Gasteiger partial charge on any atom is 0.161 e. The summed E-state index contributed by atoms with van der Waals surface area (Å²) in [5.74, 6) is 1.76. The summed E-state index contributed by atoms with van der Waals surface area (Å²) in [6.45, 7) is 8.27. The van der Waals surface area contributed by atoms with E-state index in [2.05, 4.69) is 13.8 Å². The lowest BCUT2D eigenvalue weighted by molar-refractivity contribution is -0.152. The van der Waals surface area contributed by atoms with E-state index < -0.39 is 0 Å². The maximum absolute atomic E-state index is 12.4. The molecule has 3 fully saturated rings. The molecule has 0 aromatic heterocycles. The van der Waals surface area contributed by atoms with Gasteiger partial charge in [-0.2, -0.15) is 0 Å². The SMILES string of the molecule is CC.COC1CC2(C)C(C(=O)CO)CCC2C2CCC3=CC(=O)CCC3(C)C12. The topological polar surface area (TPSA) is 63.6 Å². The van der Waals surface area contributed by atoms with Crippen LogP contribution >= 0.6 is 0 Å². The zero-order valence-corrected chi connectivity index (χ0v) is 18.3. The quantitative estimate of drug-likeness (QED) is 0.778. The average molecular weight is 391 g/mol. The van der Waals surface area contributed by atoms with Crippen molar-refractivity contribution in [2.45, 2.75) is 78.7 Å². The number of ketones is 2. The van der Waals surface area contributed by atoms with Crippen molar-refractivity contribution < 1.29 is 19.4 Å². The average Bonchev–Trinajstić information content (AvgIpc) is 3.05. The van der Waals surface area contributed by atoms with Gasteiger partial charge in [0, 0.05) is 19.4 Å². The van der Waals surface area contributed by atoms with Crippen LogP contribution in [-0.2, 0) is 14.3 Å². The van der Waals surface area contributed by atoms with Gasteiger partial charge in [0.15, 0.2) is 11.6 Å². The second-order valence-corrected chi connectivity index (χ2v) is 9.63. The first-order valence-corrected chi connectivity index (χ1v) is 11.3. The summed E-state index contributed by atoms with van der Waals surface area (Å²) in [5.41, 5.74) is 1.32. The number of ether oxygens (including phenoxy) is 1. The summed E-state index contributed by atoms with van der Waals surface area (Å²) >= 11 is 0. The van der Waals surface area contributed by atoms with Gasteiger partial charge < -0.3 is 9.84 Å². The Morgan fingerprint density at radius 3 is 2.57 bits per heavy atom. The lowest BCUT2D eigenvalue weighted by Gasteiger charge is -2.60. The fourth-order valence-corrected chi connectivity index (χ4v) is 7.52. The van der Waals surface area contributed by atoms with E-state index in [1.165, 1.54) is 5.57 Å². The number of Topliss-reactive ketones (excluding diaryl/α,β-unsaturated/α-hetero) is 1. The van der Waals surface area contributed by atoms with Crippen molar-refractivity contribution in [3.63, 3.8) is 0 Å². The summed E-state index contributed by atoms with van der Waals surface area (Å²) in [6.07, 6.45) is 8.60. The molecule has 1 N–H and O–H groups in total. The molecular formula is C24H38O4. The molecule has 0 aliphatic heterocycles. The predicted molar refractivity (Wildman–Crippen MR) is 110 cm³/mol. The van der Waals surface area contributed by atoms with Crippen molar-refractivity contribution >= 4 is 11.6 Å². The summed E-state index contributed by atoms with van der Waals surface area (Å²) in [4.78, 5) is 24.4. The number of carbonyl (C=O) groups excluding carboxylic acids is 2. The molecule has 3 saturated carbocycles. The van der Waals surface area contributed by atoms with Crippen LogP contribution in [0.4, 0.5) is 0 Å². The van der Waals surface area contributed by atoms with Crippen molar-refractivity contribution in [1.82, 2.24) is 0 Å². The number of fused-ring (bicyclic) bond motifs is 5. The Kier molecular flexibility index (Phi) is 6.22. The number of hydrogen-bond acceptors (Lipinski definition) is 4. The van der Waals surface area contributed by atoms with Crippen LogP contribution in [0.2, 0.25) is 0 Å². The minimum Gasteiger partial charge on any atom is -0.389 e. The van der Waals surface area contributed by atoms with Crippen LogP contribution in [0.15, 0.2) is 11.6 Å². The minimum absolute atomic E-state index is 0.00849. The summed E-state index contributed by atoms with van der Waals surface area (Å²) in [5, 5.41) is 9.46. The molecule has 4 rings (SSSR count). The number of carbonyl (C=O) groups is 2. The maximum atomic E-state index is 12.4. The third kappa shape index (κ3) is 3.11. The second-order valence-electron chi connectivity index (χ2n) is 9.63. The van der Waals surface area contributed by atoms with Crippen LogP contribution in [0.3, 0.4) is 0 Å². The van der Waals surface area contributed by atoms with E-state index in [0.717, 1.165) is 38.5 Å². The van der Waals surface area contributed by atoms with Gasteiger partial charge in [-0.1, -0.05) is 33.3 Å². The molecule has 0 radical (unpaired) electrons. The largest absolute Gasteiger partial charge is 0.389 e. The van der Waals surface area contributed by atoms with E-state index >= 15 is 0 Å². The first-order valence-electron chi connectivity index (χ1n) is 11.3. The zero-order valence-electron chi connectivity index (χ0n) is 18.3. The van der Waals surface area contributed by atoms with Gasteiger partial charge in [-0.05, 0) is 73.2 Å². The number of aliphatic hydroxyl groups is 1. The van der Waals surface area contributed by atoms with Gasteiger partial charge in [-0.25, -0.2) is 0 Å². The van der Waals surface area contributed by atoms with E-state index in [4.69, 9.17) is 4.74 Å². The highest BCUT2D eigenvalue weighted by Gasteiger charge is 2.63. The molecule has 0 amide bonds. The van der Waals surface area contributed by atoms with Gasteiger partial charge >= 0.3 is 0 Å². The highest BCUT2D eigenvalue weighted by molar-refractivity contribution is 5.91. The van der Waals surface area contributed by atoms with E-state index in [-0.39, 0.29) is 41.0 Å². The molecule has 0 aromatic carbocycles. The van der Waals surface area contributed by atoms with Crippen LogP contribution in [-0.4, -0.2) is 36.5 Å². The molecule has 158 valence electrons. The van der Waals surface area contributed by atoms with Crippen LogP contribution in [0.5, 0.6) is 0 Å². The minimum atomic E-state index is -0.342. The third-order valence-electron chi connectivity index (χ3n) is 8.72. The van der Waals surface area contributed by atoms with Crippen molar-refractivity contribution in [2.75, 3.05) is 13.7 Å². The van der Waals surface area contributed by atoms with E-state index in [9.17, 15) is 14.7 Å². The molecule has 4 aliphatic rings. The fraction of sp³-hybridized carbons (Fsp3) is 0.833. The Labute approximate surface area is 170 Å². The standard InChI is InChI=1S/C22H32O4.C2H6/c1-21-9-8-14(24)10-13(21)4-5-15-16-6-7-17(18(25)12-23)22(16,2)11-19(26-3)20(15)21;1-2/h10,15-17,19-20,23H,4-9,11-12H2,1-3H3;1-2H3. The molecule has 0 spiro atoms. The molecular weight excluding hydrogens is 352 g/mol. The van der Waals surface area contributed by atoms with E-state index in [1.54, 1.807) is 7.11 Å². The highest BCUT2D eigenvalue weighted by Crippen LogP contribution is 2.67. The van der Waals surface area contributed by atoms with Gasteiger partial charge in [0.05, 0.1) is 6.10 Å². The number of rotatable bonds is 3. The van der Waals surface area contributed by atoms with E-state index in [1.807, 2.05) is 19.9 Å². The first kappa shape index (κ1) is 21.7. The molecule has 4 nitrogen and oxygen atoms in total. The highest BCUT2D eigenvalue weighted by atomic mass is 16.5. The Hall–Kier alpha value is -1.00. The molecule has 28 heavy (non-hydrogen) atoms. The smallest absolute Gasteiger partial charge is 0.161 e. The Bertz CT molecular complexity index is 653. The van der Waals surface area contributed by atoms with Crippen molar-refractivity contribution in [3.05, 3.63) is 11.6 Å². The van der Waals surface area contributed by atoms with Crippen molar-refractivity contribution in [3.8, 4) is 0 Å².